The molecule has 4 aromatic rings. The first-order valence-corrected chi connectivity index (χ1v) is 9.65. The molecular formula is C24H25N2O+. The first-order chi connectivity index (χ1) is 12.8. The van der Waals surface area contributed by atoms with Crippen molar-refractivity contribution >= 4 is 22.1 Å². The second kappa shape index (κ2) is 5.41. The van der Waals surface area contributed by atoms with Crippen molar-refractivity contribution in [2.75, 3.05) is 0 Å². The Hall–Kier alpha value is -2.68. The summed E-state index contributed by atoms with van der Waals surface area (Å²) in [6.45, 7) is 12.0. The number of pyridine rings is 2. The zero-order valence-corrected chi connectivity index (χ0v) is 16.7. The van der Waals surface area contributed by atoms with Crippen molar-refractivity contribution in [3.05, 3.63) is 58.9 Å². The third-order valence-corrected chi connectivity index (χ3v) is 5.53. The molecule has 0 spiro atoms. The van der Waals surface area contributed by atoms with Crippen LogP contribution in [0.2, 0.25) is 0 Å². The van der Waals surface area contributed by atoms with E-state index in [1.54, 1.807) is 0 Å². The predicted molar refractivity (Wildman–Crippen MR) is 109 cm³/mol. The fourth-order valence-electron chi connectivity index (χ4n) is 4.31. The first kappa shape index (κ1) is 16.5. The van der Waals surface area contributed by atoms with Crippen LogP contribution in [0.4, 0.5) is 0 Å². The van der Waals surface area contributed by atoms with E-state index in [2.05, 4.69) is 73.8 Å². The Morgan fingerprint density at radius 1 is 1.07 bits per heavy atom. The third-order valence-electron chi connectivity index (χ3n) is 5.53. The van der Waals surface area contributed by atoms with E-state index in [0.29, 0.717) is 0 Å². The van der Waals surface area contributed by atoms with Crippen LogP contribution in [0.15, 0.2) is 40.9 Å². The maximum absolute atomic E-state index is 6.28. The summed E-state index contributed by atoms with van der Waals surface area (Å²) in [5.74, 6) is 0. The minimum Gasteiger partial charge on any atom is -0.437 e. The Kier molecular flexibility index (Phi) is 3.31. The molecule has 3 heteroatoms. The summed E-state index contributed by atoms with van der Waals surface area (Å²) in [4.78, 5) is 4.60. The Morgan fingerprint density at radius 3 is 2.63 bits per heavy atom. The maximum Gasteiger partial charge on any atom is 0.227 e. The van der Waals surface area contributed by atoms with Crippen molar-refractivity contribution in [2.45, 2.75) is 47.6 Å². The van der Waals surface area contributed by atoms with Gasteiger partial charge in [-0.25, -0.2) is 4.98 Å². The summed E-state index contributed by atoms with van der Waals surface area (Å²) < 4.78 is 8.64. The minimum absolute atomic E-state index is 0.262. The molecule has 0 saturated carbocycles. The maximum atomic E-state index is 6.28. The molecule has 27 heavy (non-hydrogen) atoms. The van der Waals surface area contributed by atoms with Gasteiger partial charge in [-0.1, -0.05) is 26.8 Å². The Balaban J connectivity index is 1.78. The topological polar surface area (TPSA) is 29.9 Å². The lowest BCUT2D eigenvalue weighted by molar-refractivity contribution is -0.672. The van der Waals surface area contributed by atoms with Gasteiger partial charge in [0.25, 0.3) is 0 Å². The molecule has 4 heterocycles. The molecule has 0 saturated heterocycles. The summed E-state index contributed by atoms with van der Waals surface area (Å²) >= 11 is 0. The van der Waals surface area contributed by atoms with E-state index >= 15 is 0 Å². The van der Waals surface area contributed by atoms with E-state index in [4.69, 9.17) is 4.42 Å². The minimum atomic E-state index is 0.262. The van der Waals surface area contributed by atoms with Gasteiger partial charge in [-0.05, 0) is 49.4 Å². The molecule has 0 fully saturated rings. The first-order valence-electron chi connectivity index (χ1n) is 9.65. The number of hydrogen-bond acceptors (Lipinski definition) is 2. The van der Waals surface area contributed by atoms with E-state index < -0.39 is 0 Å². The van der Waals surface area contributed by atoms with Crippen molar-refractivity contribution in [1.29, 1.82) is 0 Å². The largest absolute Gasteiger partial charge is 0.437 e. The molecule has 0 N–H and O–H groups in total. The molecule has 3 nitrogen and oxygen atoms in total. The van der Waals surface area contributed by atoms with Crippen LogP contribution in [0.3, 0.4) is 0 Å². The van der Waals surface area contributed by atoms with Gasteiger partial charge in [0.15, 0.2) is 18.3 Å². The number of rotatable bonds is 1. The zero-order chi connectivity index (χ0) is 18.9. The van der Waals surface area contributed by atoms with Crippen LogP contribution in [0.1, 0.15) is 43.2 Å². The molecule has 0 aliphatic carbocycles. The highest BCUT2D eigenvalue weighted by molar-refractivity contribution is 6.09. The highest BCUT2D eigenvalue weighted by atomic mass is 16.3. The van der Waals surface area contributed by atoms with E-state index in [9.17, 15) is 0 Å². The van der Waals surface area contributed by atoms with Crippen LogP contribution >= 0.6 is 0 Å². The van der Waals surface area contributed by atoms with Crippen LogP contribution in [-0.2, 0) is 13.0 Å². The van der Waals surface area contributed by atoms with Crippen molar-refractivity contribution < 1.29 is 8.98 Å². The average Bonchev–Trinajstić information content (AvgIpc) is 3.10. The Morgan fingerprint density at radius 2 is 1.85 bits per heavy atom. The van der Waals surface area contributed by atoms with Crippen LogP contribution in [0.25, 0.3) is 33.3 Å². The summed E-state index contributed by atoms with van der Waals surface area (Å²) in [6, 6.07) is 11.0. The van der Waals surface area contributed by atoms with Gasteiger partial charge in [0.05, 0.1) is 5.56 Å². The normalized spacial score (nSPS) is 13.4. The number of aromatic nitrogens is 2. The van der Waals surface area contributed by atoms with Crippen molar-refractivity contribution in [2.24, 2.45) is 5.41 Å². The fraction of sp³-hybridized carbons (Fsp3) is 0.333. The molecular weight excluding hydrogens is 332 g/mol. The summed E-state index contributed by atoms with van der Waals surface area (Å²) in [5, 5.41) is 2.25. The molecule has 0 atom stereocenters. The summed E-state index contributed by atoms with van der Waals surface area (Å²) in [5.41, 5.74) is 9.55. The van der Waals surface area contributed by atoms with Crippen LogP contribution < -0.4 is 4.57 Å². The molecule has 5 rings (SSSR count). The van der Waals surface area contributed by atoms with Gasteiger partial charge in [0, 0.05) is 33.7 Å². The highest BCUT2D eigenvalue weighted by Crippen LogP contribution is 2.39. The van der Waals surface area contributed by atoms with Crippen LogP contribution in [-0.4, -0.2) is 4.98 Å². The van der Waals surface area contributed by atoms with Gasteiger partial charge in [0.2, 0.25) is 11.4 Å². The van der Waals surface area contributed by atoms with Crippen molar-refractivity contribution in [3.8, 4) is 11.3 Å². The van der Waals surface area contributed by atoms with Crippen molar-refractivity contribution in [3.63, 3.8) is 0 Å². The zero-order valence-electron chi connectivity index (χ0n) is 16.7. The molecule has 1 aromatic carbocycles. The molecule has 136 valence electrons. The monoisotopic (exact) mass is 357 g/mol. The predicted octanol–water partition coefficient (Wildman–Crippen LogP) is 5.50. The summed E-state index contributed by atoms with van der Waals surface area (Å²) in [6.07, 6.45) is 3.37. The lowest BCUT2D eigenvalue weighted by Crippen LogP contribution is -2.33. The van der Waals surface area contributed by atoms with Crippen LogP contribution in [0.5, 0.6) is 0 Å². The number of hydrogen-bond donors (Lipinski definition) is 0. The molecule has 0 bridgehead atoms. The Bertz CT molecular complexity index is 1230. The lowest BCUT2D eigenvalue weighted by Gasteiger charge is -2.19. The standard InChI is InChI=1S/C24H25N2O/c1-14-12-26-13-16-7-9-18-19-8-6-15(2)25-23(19)27-22(18)21(16)20(26)10-17(14)11-24(3,4)5/h6-10,12H,11,13H2,1-5H3/q+1. The highest BCUT2D eigenvalue weighted by Gasteiger charge is 2.32. The number of fused-ring (bicyclic) bond motifs is 7. The molecule has 0 amide bonds. The molecule has 1 aliphatic rings. The van der Waals surface area contributed by atoms with Crippen LogP contribution in [0, 0.1) is 19.3 Å². The van der Waals surface area contributed by atoms with E-state index in [1.165, 1.54) is 27.9 Å². The molecule has 1 aliphatic heterocycles. The van der Waals surface area contributed by atoms with Gasteiger partial charge in [0.1, 0.15) is 0 Å². The van der Waals surface area contributed by atoms with Gasteiger partial charge < -0.3 is 4.42 Å². The van der Waals surface area contributed by atoms with E-state index in [1.807, 2.05) is 6.92 Å². The number of benzene rings is 1. The third kappa shape index (κ3) is 2.56. The number of nitrogens with zero attached hydrogens (tertiary/aromatic N) is 2. The second-order valence-electron chi connectivity index (χ2n) is 9.12. The SMILES string of the molecule is Cc1ccc2c(n1)oc1c3c(ccc12)C[n+]1cc(C)c(CC(C)(C)C)cc1-3. The quantitative estimate of drug-likeness (QED) is 0.371. The molecule has 3 aromatic heterocycles. The number of furan rings is 1. The Labute approximate surface area is 159 Å². The van der Waals surface area contributed by atoms with E-state index in [0.717, 1.165) is 40.7 Å². The molecule has 0 unspecified atom stereocenters. The van der Waals surface area contributed by atoms with Gasteiger partial charge in [-0.3, -0.25) is 0 Å². The van der Waals surface area contributed by atoms with Gasteiger partial charge in [-0.15, -0.1) is 0 Å². The van der Waals surface area contributed by atoms with Gasteiger partial charge >= 0.3 is 0 Å². The van der Waals surface area contributed by atoms with Gasteiger partial charge in [-0.2, -0.15) is 4.57 Å². The molecule has 0 radical (unpaired) electrons. The smallest absolute Gasteiger partial charge is 0.227 e. The number of aryl methyl sites for hydroxylation is 2. The van der Waals surface area contributed by atoms with E-state index in [-0.39, 0.29) is 5.41 Å². The fourth-order valence-corrected chi connectivity index (χ4v) is 4.31. The summed E-state index contributed by atoms with van der Waals surface area (Å²) in [7, 11) is 0. The second-order valence-corrected chi connectivity index (χ2v) is 9.12. The van der Waals surface area contributed by atoms with Crippen molar-refractivity contribution in [1.82, 2.24) is 4.98 Å². The average molecular weight is 357 g/mol. The lowest BCUT2D eigenvalue weighted by atomic mass is 9.86.